The number of rotatable bonds is 2. The first kappa shape index (κ1) is 7.76. The zero-order chi connectivity index (χ0) is 8.84. The Bertz CT molecular complexity index is 312. The van der Waals surface area contributed by atoms with E-state index in [1.165, 1.54) is 18.5 Å². The van der Waals surface area contributed by atoms with Crippen LogP contribution in [0.2, 0.25) is 0 Å². The third kappa shape index (κ3) is 1.25. The summed E-state index contributed by atoms with van der Waals surface area (Å²) in [5.74, 6) is 0.949. The minimum absolute atomic E-state index is 0.530. The van der Waals surface area contributed by atoms with Crippen molar-refractivity contribution < 1.29 is 0 Å². The van der Waals surface area contributed by atoms with Crippen LogP contribution < -0.4 is 10.6 Å². The molecule has 4 heteroatoms. The number of piperidine rings is 1. The van der Waals surface area contributed by atoms with Crippen LogP contribution in [0.3, 0.4) is 0 Å². The van der Waals surface area contributed by atoms with Gasteiger partial charge in [-0.2, -0.15) is 0 Å². The van der Waals surface area contributed by atoms with Gasteiger partial charge in [-0.1, -0.05) is 0 Å². The van der Waals surface area contributed by atoms with Gasteiger partial charge < -0.3 is 10.6 Å². The van der Waals surface area contributed by atoms with Gasteiger partial charge in [-0.25, -0.2) is 4.98 Å². The molecule has 1 saturated heterocycles. The van der Waals surface area contributed by atoms with Gasteiger partial charge in [0.05, 0.1) is 11.7 Å². The maximum atomic E-state index is 4.51. The van der Waals surface area contributed by atoms with Crippen molar-refractivity contribution in [2.75, 3.05) is 12.4 Å². The fourth-order valence-electron chi connectivity index (χ4n) is 2.11. The van der Waals surface area contributed by atoms with Gasteiger partial charge in [-0.05, 0) is 18.8 Å². The van der Waals surface area contributed by atoms with Crippen LogP contribution in [0.4, 0.5) is 5.13 Å². The summed E-state index contributed by atoms with van der Waals surface area (Å²) in [4.78, 5) is 4.51. The highest BCUT2D eigenvalue weighted by molar-refractivity contribution is 7.13. The average Bonchev–Trinajstić information content (AvgIpc) is 2.67. The summed E-state index contributed by atoms with van der Waals surface area (Å²) in [6.45, 7) is 0. The third-order valence-corrected chi connectivity index (χ3v) is 3.85. The number of thiazole rings is 1. The lowest BCUT2D eigenvalue weighted by Crippen LogP contribution is -2.17. The molecule has 1 saturated carbocycles. The van der Waals surface area contributed by atoms with Crippen molar-refractivity contribution >= 4 is 16.5 Å². The molecule has 3 atom stereocenters. The van der Waals surface area contributed by atoms with E-state index < -0.39 is 0 Å². The lowest BCUT2D eigenvalue weighted by molar-refractivity contribution is 0.557. The molecule has 3 rings (SSSR count). The SMILES string of the molecule is CNc1nc([C@H]2C[C@@H]3C[C@@H]3N2)cs1. The first-order valence-corrected chi connectivity index (χ1v) is 5.64. The molecule has 1 aromatic heterocycles. The molecule has 0 bridgehead atoms. The second-order valence-corrected chi connectivity index (χ2v) is 4.74. The lowest BCUT2D eigenvalue weighted by atomic mass is 10.1. The first-order chi connectivity index (χ1) is 6.36. The maximum absolute atomic E-state index is 4.51. The Morgan fingerprint density at radius 1 is 1.62 bits per heavy atom. The second-order valence-electron chi connectivity index (χ2n) is 3.88. The van der Waals surface area contributed by atoms with Crippen molar-refractivity contribution in [3.8, 4) is 0 Å². The molecule has 1 aliphatic heterocycles. The zero-order valence-electron chi connectivity index (χ0n) is 7.58. The minimum atomic E-state index is 0.530. The Hall–Kier alpha value is -0.610. The molecule has 1 aromatic rings. The fraction of sp³-hybridized carbons (Fsp3) is 0.667. The van der Waals surface area contributed by atoms with Crippen molar-refractivity contribution in [3.63, 3.8) is 0 Å². The molecule has 0 aromatic carbocycles. The molecule has 2 N–H and O–H groups in total. The smallest absolute Gasteiger partial charge is 0.182 e. The largest absolute Gasteiger partial charge is 0.365 e. The Morgan fingerprint density at radius 2 is 2.54 bits per heavy atom. The molecular weight excluding hydrogens is 182 g/mol. The molecule has 2 heterocycles. The van der Waals surface area contributed by atoms with E-state index in [4.69, 9.17) is 0 Å². The van der Waals surface area contributed by atoms with Gasteiger partial charge in [0.15, 0.2) is 5.13 Å². The predicted molar refractivity (Wildman–Crippen MR) is 54.0 cm³/mol. The van der Waals surface area contributed by atoms with Crippen LogP contribution in [0.25, 0.3) is 0 Å². The van der Waals surface area contributed by atoms with E-state index in [1.807, 2.05) is 7.05 Å². The van der Waals surface area contributed by atoms with Crippen LogP contribution in [-0.2, 0) is 0 Å². The van der Waals surface area contributed by atoms with Gasteiger partial charge in [0.25, 0.3) is 0 Å². The van der Waals surface area contributed by atoms with Crippen LogP contribution in [0.5, 0.6) is 0 Å². The van der Waals surface area contributed by atoms with Crippen LogP contribution in [-0.4, -0.2) is 18.1 Å². The number of aromatic nitrogens is 1. The van der Waals surface area contributed by atoms with Crippen LogP contribution in [0.1, 0.15) is 24.6 Å². The highest BCUT2D eigenvalue weighted by Gasteiger charge is 2.46. The first-order valence-electron chi connectivity index (χ1n) is 4.76. The second kappa shape index (κ2) is 2.69. The summed E-state index contributed by atoms with van der Waals surface area (Å²) in [6, 6.07) is 1.34. The van der Waals surface area contributed by atoms with Gasteiger partial charge in [-0.15, -0.1) is 11.3 Å². The number of nitrogens with zero attached hydrogens (tertiary/aromatic N) is 1. The number of fused-ring (bicyclic) bond motifs is 1. The minimum Gasteiger partial charge on any atom is -0.365 e. The maximum Gasteiger partial charge on any atom is 0.182 e. The summed E-state index contributed by atoms with van der Waals surface area (Å²) >= 11 is 1.69. The van der Waals surface area contributed by atoms with Gasteiger partial charge in [-0.3, -0.25) is 0 Å². The normalized spacial score (nSPS) is 35.9. The number of anilines is 1. The molecule has 13 heavy (non-hydrogen) atoms. The lowest BCUT2D eigenvalue weighted by Gasteiger charge is -2.08. The Morgan fingerprint density at radius 3 is 3.15 bits per heavy atom. The molecule has 0 spiro atoms. The van der Waals surface area contributed by atoms with Crippen LogP contribution in [0.15, 0.2) is 5.38 Å². The van der Waals surface area contributed by atoms with Crippen molar-refractivity contribution in [3.05, 3.63) is 11.1 Å². The highest BCUT2D eigenvalue weighted by Crippen LogP contribution is 2.46. The molecule has 2 fully saturated rings. The number of hydrogen-bond acceptors (Lipinski definition) is 4. The fourth-order valence-corrected chi connectivity index (χ4v) is 2.83. The summed E-state index contributed by atoms with van der Waals surface area (Å²) in [7, 11) is 1.92. The van der Waals surface area contributed by atoms with Crippen molar-refractivity contribution in [2.45, 2.75) is 24.9 Å². The standard InChI is InChI=1S/C9H13N3S/c1-10-9-12-8(4-13-9)7-3-5-2-6(5)11-7/h4-7,11H,2-3H2,1H3,(H,10,12)/t5-,6-,7+/m0/s1. The van der Waals surface area contributed by atoms with Gasteiger partial charge >= 0.3 is 0 Å². The van der Waals surface area contributed by atoms with Crippen molar-refractivity contribution in [1.82, 2.24) is 10.3 Å². The number of hydrogen-bond donors (Lipinski definition) is 2. The molecule has 0 unspecified atom stereocenters. The topological polar surface area (TPSA) is 37.0 Å². The third-order valence-electron chi connectivity index (χ3n) is 2.97. The van der Waals surface area contributed by atoms with E-state index >= 15 is 0 Å². The highest BCUT2D eigenvalue weighted by atomic mass is 32.1. The summed E-state index contributed by atoms with van der Waals surface area (Å²) < 4.78 is 0. The molecular formula is C9H13N3S. The van der Waals surface area contributed by atoms with Gasteiger partial charge in [0.1, 0.15) is 0 Å². The number of nitrogens with one attached hydrogen (secondary N) is 2. The monoisotopic (exact) mass is 195 g/mol. The molecule has 2 aliphatic rings. The zero-order valence-corrected chi connectivity index (χ0v) is 8.40. The average molecular weight is 195 g/mol. The Balaban J connectivity index is 1.77. The van der Waals surface area contributed by atoms with Crippen molar-refractivity contribution in [1.29, 1.82) is 0 Å². The van der Waals surface area contributed by atoms with E-state index in [2.05, 4.69) is 21.0 Å². The van der Waals surface area contributed by atoms with E-state index in [1.54, 1.807) is 11.3 Å². The molecule has 3 nitrogen and oxygen atoms in total. The van der Waals surface area contributed by atoms with Crippen LogP contribution >= 0.6 is 11.3 Å². The van der Waals surface area contributed by atoms with E-state index in [9.17, 15) is 0 Å². The van der Waals surface area contributed by atoms with E-state index in [0.717, 1.165) is 17.1 Å². The Kier molecular flexibility index (Phi) is 1.60. The van der Waals surface area contributed by atoms with Gasteiger partial charge in [0, 0.05) is 18.5 Å². The van der Waals surface area contributed by atoms with Crippen molar-refractivity contribution in [2.24, 2.45) is 5.92 Å². The molecule has 1 aliphatic carbocycles. The molecule has 70 valence electrons. The summed E-state index contributed by atoms with van der Waals surface area (Å²) in [6.07, 6.45) is 2.68. The van der Waals surface area contributed by atoms with E-state index in [-0.39, 0.29) is 0 Å². The Labute approximate surface area is 81.6 Å². The molecule has 0 amide bonds. The van der Waals surface area contributed by atoms with Crippen LogP contribution in [0, 0.1) is 5.92 Å². The van der Waals surface area contributed by atoms with Gasteiger partial charge in [0.2, 0.25) is 0 Å². The predicted octanol–water partition coefficient (Wildman–Crippen LogP) is 1.61. The quantitative estimate of drug-likeness (QED) is 0.752. The summed E-state index contributed by atoms with van der Waals surface area (Å²) in [5.41, 5.74) is 1.22. The molecule has 0 radical (unpaired) electrons. The summed E-state index contributed by atoms with van der Waals surface area (Å²) in [5, 5.41) is 9.86. The van der Waals surface area contributed by atoms with E-state index in [0.29, 0.717) is 6.04 Å².